The van der Waals surface area contributed by atoms with Crippen molar-refractivity contribution < 1.29 is 13.9 Å². The van der Waals surface area contributed by atoms with Gasteiger partial charge in [-0.1, -0.05) is 0 Å². The van der Waals surface area contributed by atoms with Gasteiger partial charge >= 0.3 is 6.09 Å². The SMILES string of the molecule is O=C1OC(Cn2cncn2)CN1c1ccc(N2CCCSCC2)c(F)c1. The first-order valence-corrected chi connectivity index (χ1v) is 9.79. The summed E-state index contributed by atoms with van der Waals surface area (Å²) in [4.78, 5) is 19.6. The molecule has 2 fully saturated rings. The van der Waals surface area contributed by atoms with Gasteiger partial charge in [0.15, 0.2) is 0 Å². The largest absolute Gasteiger partial charge is 0.442 e. The van der Waals surface area contributed by atoms with E-state index >= 15 is 0 Å². The van der Waals surface area contributed by atoms with E-state index in [2.05, 4.69) is 15.0 Å². The second-order valence-electron chi connectivity index (χ2n) is 6.32. The fourth-order valence-corrected chi connectivity index (χ4v) is 4.16. The fourth-order valence-electron chi connectivity index (χ4n) is 3.27. The van der Waals surface area contributed by atoms with Gasteiger partial charge in [0.05, 0.1) is 24.5 Å². The van der Waals surface area contributed by atoms with Crippen LogP contribution in [0.25, 0.3) is 0 Å². The minimum Gasteiger partial charge on any atom is -0.442 e. The van der Waals surface area contributed by atoms with Crippen LogP contribution in [0.2, 0.25) is 0 Å². The Labute approximate surface area is 155 Å². The van der Waals surface area contributed by atoms with Gasteiger partial charge in [-0.05, 0) is 30.4 Å². The van der Waals surface area contributed by atoms with E-state index < -0.39 is 6.09 Å². The maximum Gasteiger partial charge on any atom is 0.414 e. The molecule has 0 spiro atoms. The van der Waals surface area contributed by atoms with Crippen molar-refractivity contribution in [2.75, 3.05) is 40.9 Å². The van der Waals surface area contributed by atoms with Crippen molar-refractivity contribution in [3.63, 3.8) is 0 Å². The molecule has 0 radical (unpaired) electrons. The van der Waals surface area contributed by atoms with Crippen molar-refractivity contribution in [2.45, 2.75) is 19.1 Å². The van der Waals surface area contributed by atoms with E-state index in [0.29, 0.717) is 24.5 Å². The van der Waals surface area contributed by atoms with Crippen LogP contribution in [0.15, 0.2) is 30.9 Å². The molecular formula is C17H20FN5O2S. The van der Waals surface area contributed by atoms with Crippen LogP contribution in [-0.2, 0) is 11.3 Å². The average Bonchev–Trinajstić information content (AvgIpc) is 3.17. The number of cyclic esters (lactones) is 1. The molecule has 1 atom stereocenters. The van der Waals surface area contributed by atoms with Crippen molar-refractivity contribution in [3.8, 4) is 0 Å². The normalized spacial score (nSPS) is 21.0. The Balaban J connectivity index is 1.47. The van der Waals surface area contributed by atoms with E-state index in [1.165, 1.54) is 17.3 Å². The highest BCUT2D eigenvalue weighted by molar-refractivity contribution is 7.99. The summed E-state index contributed by atoms with van der Waals surface area (Å²) in [6, 6.07) is 4.97. The van der Waals surface area contributed by atoms with E-state index in [4.69, 9.17) is 4.74 Å². The standard InChI is InChI=1S/C17H20FN5O2S/c18-15-8-13(2-3-16(15)21-4-1-6-26-7-5-21)23-10-14(25-17(23)24)9-22-12-19-11-20-22/h2-3,8,11-12,14H,1,4-7,9-10H2. The molecule has 7 nitrogen and oxygen atoms in total. The lowest BCUT2D eigenvalue weighted by Gasteiger charge is -2.24. The third-order valence-corrected chi connectivity index (χ3v) is 5.59. The Morgan fingerprint density at radius 1 is 1.31 bits per heavy atom. The first-order chi connectivity index (χ1) is 12.7. The number of carbonyl (C=O) groups excluding carboxylic acids is 1. The molecule has 1 aromatic carbocycles. The topological polar surface area (TPSA) is 63.5 Å². The van der Waals surface area contributed by atoms with Crippen LogP contribution in [0.1, 0.15) is 6.42 Å². The number of benzene rings is 1. The monoisotopic (exact) mass is 377 g/mol. The molecule has 1 aromatic heterocycles. The molecule has 9 heteroatoms. The molecule has 26 heavy (non-hydrogen) atoms. The number of ether oxygens (including phenoxy) is 1. The van der Waals surface area contributed by atoms with Crippen molar-refractivity contribution in [3.05, 3.63) is 36.7 Å². The maximum absolute atomic E-state index is 14.7. The zero-order valence-electron chi connectivity index (χ0n) is 14.3. The number of hydrogen-bond acceptors (Lipinski definition) is 6. The number of thioether (sulfide) groups is 1. The number of hydrogen-bond donors (Lipinski definition) is 0. The van der Waals surface area contributed by atoms with Gasteiger partial charge in [-0.25, -0.2) is 18.9 Å². The lowest BCUT2D eigenvalue weighted by atomic mass is 10.2. The first-order valence-electron chi connectivity index (χ1n) is 8.63. The summed E-state index contributed by atoms with van der Waals surface area (Å²) in [6.07, 6.45) is 3.26. The third kappa shape index (κ3) is 3.62. The molecule has 4 rings (SSSR count). The quantitative estimate of drug-likeness (QED) is 0.815. The number of nitrogens with zero attached hydrogens (tertiary/aromatic N) is 5. The summed E-state index contributed by atoms with van der Waals surface area (Å²) < 4.78 is 21.7. The van der Waals surface area contributed by atoms with Gasteiger partial charge in [-0.3, -0.25) is 4.90 Å². The fraction of sp³-hybridized carbons (Fsp3) is 0.471. The molecule has 1 amide bonds. The van der Waals surface area contributed by atoms with Crippen LogP contribution in [-0.4, -0.2) is 58.1 Å². The summed E-state index contributed by atoms with van der Waals surface area (Å²) in [7, 11) is 0. The number of halogens is 1. The van der Waals surface area contributed by atoms with E-state index in [1.807, 2.05) is 11.8 Å². The zero-order chi connectivity index (χ0) is 17.9. The maximum atomic E-state index is 14.7. The third-order valence-electron chi connectivity index (χ3n) is 4.54. The molecule has 0 bridgehead atoms. The molecular weight excluding hydrogens is 357 g/mol. The van der Waals surface area contributed by atoms with Gasteiger partial charge in [-0.15, -0.1) is 0 Å². The van der Waals surface area contributed by atoms with Crippen molar-refractivity contribution in [1.29, 1.82) is 0 Å². The predicted molar refractivity (Wildman–Crippen MR) is 98.2 cm³/mol. The van der Waals surface area contributed by atoms with Gasteiger partial charge in [0, 0.05) is 18.8 Å². The smallest absolute Gasteiger partial charge is 0.414 e. The Morgan fingerprint density at radius 3 is 3.04 bits per heavy atom. The molecule has 138 valence electrons. The lowest BCUT2D eigenvalue weighted by Crippen LogP contribution is -2.28. The minimum absolute atomic E-state index is 0.304. The molecule has 1 unspecified atom stereocenters. The summed E-state index contributed by atoms with van der Waals surface area (Å²) >= 11 is 1.90. The molecule has 2 aliphatic heterocycles. The average molecular weight is 377 g/mol. The number of carbonyl (C=O) groups is 1. The summed E-state index contributed by atoms with van der Waals surface area (Å²) in [5.74, 6) is 1.81. The summed E-state index contributed by atoms with van der Waals surface area (Å²) in [5, 5.41) is 4.02. The zero-order valence-corrected chi connectivity index (χ0v) is 15.1. The molecule has 2 aromatic rings. The molecule has 2 saturated heterocycles. The van der Waals surface area contributed by atoms with E-state index in [1.54, 1.807) is 23.1 Å². The number of aromatic nitrogens is 3. The highest BCUT2D eigenvalue weighted by atomic mass is 32.2. The van der Waals surface area contributed by atoms with Crippen molar-refractivity contribution in [1.82, 2.24) is 14.8 Å². The van der Waals surface area contributed by atoms with Gasteiger partial charge < -0.3 is 9.64 Å². The second kappa shape index (κ2) is 7.53. The van der Waals surface area contributed by atoms with Crippen LogP contribution in [0.4, 0.5) is 20.6 Å². The van der Waals surface area contributed by atoms with E-state index in [9.17, 15) is 9.18 Å². The van der Waals surface area contributed by atoms with Gasteiger partial charge in [-0.2, -0.15) is 16.9 Å². The first kappa shape index (κ1) is 17.1. The highest BCUT2D eigenvalue weighted by Crippen LogP contribution is 2.29. The lowest BCUT2D eigenvalue weighted by molar-refractivity contribution is 0.129. The molecule has 2 aliphatic rings. The van der Waals surface area contributed by atoms with Gasteiger partial charge in [0.1, 0.15) is 24.6 Å². The Bertz CT molecular complexity index is 765. The molecule has 0 saturated carbocycles. The highest BCUT2D eigenvalue weighted by Gasteiger charge is 2.33. The minimum atomic E-state index is -0.464. The Hall–Kier alpha value is -2.29. The number of anilines is 2. The Kier molecular flexibility index (Phi) is 4.96. The van der Waals surface area contributed by atoms with E-state index in [0.717, 1.165) is 31.0 Å². The van der Waals surface area contributed by atoms with Gasteiger partial charge in [0.2, 0.25) is 0 Å². The molecule has 0 aliphatic carbocycles. The summed E-state index contributed by atoms with van der Waals surface area (Å²) in [5.41, 5.74) is 1.12. The second-order valence-corrected chi connectivity index (χ2v) is 7.55. The predicted octanol–water partition coefficient (Wildman–Crippen LogP) is 2.39. The van der Waals surface area contributed by atoms with Crippen molar-refractivity contribution in [2.24, 2.45) is 0 Å². The van der Waals surface area contributed by atoms with Crippen molar-refractivity contribution >= 4 is 29.2 Å². The molecule has 0 N–H and O–H groups in total. The van der Waals surface area contributed by atoms with Gasteiger partial charge in [0.25, 0.3) is 0 Å². The van der Waals surface area contributed by atoms with Crippen LogP contribution in [0, 0.1) is 5.82 Å². The Morgan fingerprint density at radius 2 is 2.23 bits per heavy atom. The van der Waals surface area contributed by atoms with Crippen LogP contribution >= 0.6 is 11.8 Å². The van der Waals surface area contributed by atoms with Crippen LogP contribution < -0.4 is 9.80 Å². The van der Waals surface area contributed by atoms with E-state index in [-0.39, 0.29) is 11.9 Å². The van der Waals surface area contributed by atoms with Crippen LogP contribution in [0.3, 0.4) is 0 Å². The summed E-state index contributed by atoms with van der Waals surface area (Å²) in [6.45, 7) is 2.48. The number of amides is 1. The van der Waals surface area contributed by atoms with Crippen LogP contribution in [0.5, 0.6) is 0 Å². The number of rotatable bonds is 4. The molecule has 3 heterocycles.